The van der Waals surface area contributed by atoms with E-state index in [1.165, 1.54) is 40.7 Å². The van der Waals surface area contributed by atoms with Crippen LogP contribution in [0.4, 0.5) is 4.79 Å². The van der Waals surface area contributed by atoms with Crippen LogP contribution in [0.1, 0.15) is 78.6 Å². The van der Waals surface area contributed by atoms with Gasteiger partial charge in [-0.15, -0.1) is 12.4 Å². The van der Waals surface area contributed by atoms with Gasteiger partial charge in [0.1, 0.15) is 6.61 Å². The van der Waals surface area contributed by atoms with E-state index in [1.54, 1.807) is 17.9 Å². The van der Waals surface area contributed by atoms with Crippen LogP contribution in [-0.2, 0) is 37.7 Å². The predicted octanol–water partition coefficient (Wildman–Crippen LogP) is 8.09. The molecule has 4 aromatic carbocycles. The molecule has 9 rings (SSSR count). The normalized spacial score (nSPS) is 17.4. The number of carboxylic acids is 1. The number of nitrogens with zero attached hydrogens (tertiary/aromatic N) is 4. The highest BCUT2D eigenvalue weighted by Crippen LogP contribution is 2.45. The van der Waals surface area contributed by atoms with Crippen molar-refractivity contribution < 1.29 is 24.2 Å². The van der Waals surface area contributed by atoms with Crippen LogP contribution in [0.3, 0.4) is 0 Å². The van der Waals surface area contributed by atoms with Gasteiger partial charge in [-0.2, -0.15) is 0 Å². The number of amides is 2. The number of halogens is 1. The maximum atomic E-state index is 15.2. The zero-order chi connectivity index (χ0) is 37.8. The van der Waals surface area contributed by atoms with Gasteiger partial charge < -0.3 is 29.1 Å². The lowest BCUT2D eigenvalue weighted by molar-refractivity contribution is 0.0594. The van der Waals surface area contributed by atoms with Crippen LogP contribution in [0.2, 0.25) is 0 Å². The molecule has 0 radical (unpaired) electrons. The molecule has 56 heavy (non-hydrogen) atoms. The van der Waals surface area contributed by atoms with Gasteiger partial charge in [0.2, 0.25) is 0 Å². The fraction of sp³-hybridized carbons (Fsp3) is 0.326. The Hall–Kier alpha value is -5.38. The summed E-state index contributed by atoms with van der Waals surface area (Å²) in [5.74, 6) is -1.11. The molecule has 4 heterocycles. The zero-order valence-electron chi connectivity index (χ0n) is 31.9. The van der Waals surface area contributed by atoms with Crippen LogP contribution >= 0.6 is 12.4 Å². The molecule has 10 heteroatoms. The van der Waals surface area contributed by atoms with Crippen molar-refractivity contribution in [1.82, 2.24) is 19.3 Å². The van der Waals surface area contributed by atoms with Gasteiger partial charge in [-0.1, -0.05) is 72.8 Å². The molecule has 288 valence electrons. The Morgan fingerprint density at radius 2 is 1.41 bits per heavy atom. The Bertz CT molecular complexity index is 2300. The van der Waals surface area contributed by atoms with Crippen LogP contribution in [-0.4, -0.2) is 81.2 Å². The van der Waals surface area contributed by atoms with Crippen molar-refractivity contribution in [2.24, 2.45) is 7.05 Å². The fourth-order valence-electron chi connectivity index (χ4n) is 9.42. The first kappa shape index (κ1) is 37.5. The first-order valence-electron chi connectivity index (χ1n) is 19.5. The summed E-state index contributed by atoms with van der Waals surface area (Å²) >= 11 is 0. The minimum Gasteiger partial charge on any atom is -0.478 e. The number of benzene rings is 4. The number of likely N-dealkylation sites (tertiary alicyclic amines) is 1. The number of aromatic nitrogens is 1. The van der Waals surface area contributed by atoms with Gasteiger partial charge >= 0.3 is 12.1 Å². The largest absolute Gasteiger partial charge is 0.478 e. The number of carboxylic acid groups (broad SMARTS) is 1. The van der Waals surface area contributed by atoms with Crippen molar-refractivity contribution in [3.63, 3.8) is 0 Å². The monoisotopic (exact) mass is 770 g/mol. The first-order valence-corrected chi connectivity index (χ1v) is 19.5. The zero-order valence-corrected chi connectivity index (χ0v) is 32.7. The Labute approximate surface area is 333 Å². The summed E-state index contributed by atoms with van der Waals surface area (Å²) in [6, 6.07) is 30.7. The Morgan fingerprint density at radius 1 is 0.750 bits per heavy atom. The van der Waals surface area contributed by atoms with Crippen molar-refractivity contribution in [2.45, 2.75) is 57.7 Å². The smallest absolute Gasteiger partial charge is 0.410 e. The van der Waals surface area contributed by atoms with Gasteiger partial charge in [0.15, 0.2) is 0 Å². The predicted molar refractivity (Wildman–Crippen MR) is 218 cm³/mol. The number of ether oxygens (including phenoxy) is 1. The number of rotatable bonds is 7. The molecular formula is C46H47ClN4O5. The Kier molecular flexibility index (Phi) is 10.2. The summed E-state index contributed by atoms with van der Waals surface area (Å²) in [4.78, 5) is 47.4. The number of fused-ring (bicyclic) bond motifs is 5. The van der Waals surface area contributed by atoms with E-state index in [9.17, 15) is 14.7 Å². The SMILES string of the molecule is Cc1c(C(=O)O)cc(-c2cc3c(cc2C(=O)N2Cc4ccccc4C[C@H]2CN2CCCC2)CN(C(=O)OCC2c4ccccc4-c4ccccc42)CC3)n1C.Cl. The maximum Gasteiger partial charge on any atom is 0.410 e. The van der Waals surface area contributed by atoms with Crippen LogP contribution < -0.4 is 0 Å². The molecule has 1 aromatic heterocycles. The second-order valence-corrected chi connectivity index (χ2v) is 15.6. The number of hydrogen-bond acceptors (Lipinski definition) is 5. The fourth-order valence-corrected chi connectivity index (χ4v) is 9.42. The van der Waals surface area contributed by atoms with Gasteiger partial charge in [-0.3, -0.25) is 4.79 Å². The van der Waals surface area contributed by atoms with Crippen molar-refractivity contribution in [3.05, 3.63) is 141 Å². The lowest BCUT2D eigenvalue weighted by atomic mass is 9.89. The highest BCUT2D eigenvalue weighted by Gasteiger charge is 2.36. The molecule has 2 amide bonds. The molecule has 5 aromatic rings. The minimum atomic E-state index is -0.998. The topological polar surface area (TPSA) is 95.3 Å². The third-order valence-corrected chi connectivity index (χ3v) is 12.5. The molecule has 3 aliphatic heterocycles. The molecule has 1 aliphatic carbocycles. The molecule has 0 saturated carbocycles. The van der Waals surface area contributed by atoms with E-state index in [0.717, 1.165) is 48.3 Å². The molecule has 0 spiro atoms. The highest BCUT2D eigenvalue weighted by molar-refractivity contribution is 6.02. The van der Waals surface area contributed by atoms with Crippen LogP contribution in [0.25, 0.3) is 22.4 Å². The molecule has 1 fully saturated rings. The van der Waals surface area contributed by atoms with Crippen LogP contribution in [0, 0.1) is 6.92 Å². The third kappa shape index (κ3) is 6.66. The van der Waals surface area contributed by atoms with E-state index in [-0.39, 0.29) is 48.5 Å². The number of carbonyl (C=O) groups is 3. The summed E-state index contributed by atoms with van der Waals surface area (Å²) in [5.41, 5.74) is 11.9. The summed E-state index contributed by atoms with van der Waals surface area (Å²) in [7, 11) is 1.86. The summed E-state index contributed by atoms with van der Waals surface area (Å²) in [6.45, 7) is 6.22. The van der Waals surface area contributed by atoms with Crippen LogP contribution in [0.15, 0.2) is 91.0 Å². The number of aromatic carboxylic acids is 1. The van der Waals surface area contributed by atoms with E-state index in [4.69, 9.17) is 4.74 Å². The molecule has 1 atom stereocenters. The van der Waals surface area contributed by atoms with E-state index >= 15 is 4.79 Å². The van der Waals surface area contributed by atoms with E-state index in [2.05, 4.69) is 53.4 Å². The third-order valence-electron chi connectivity index (χ3n) is 12.5. The van der Waals surface area contributed by atoms with Crippen molar-refractivity contribution >= 4 is 30.4 Å². The van der Waals surface area contributed by atoms with Gasteiger partial charge in [-0.25, -0.2) is 9.59 Å². The summed E-state index contributed by atoms with van der Waals surface area (Å²) in [6.07, 6.45) is 3.34. The number of carbonyl (C=O) groups excluding carboxylic acids is 2. The van der Waals surface area contributed by atoms with Crippen LogP contribution in [0.5, 0.6) is 0 Å². The van der Waals surface area contributed by atoms with Crippen molar-refractivity contribution in [1.29, 1.82) is 0 Å². The molecule has 1 N–H and O–H groups in total. The highest BCUT2D eigenvalue weighted by atomic mass is 35.5. The van der Waals surface area contributed by atoms with Gasteiger partial charge in [0.25, 0.3) is 5.91 Å². The van der Waals surface area contributed by atoms with Crippen molar-refractivity contribution in [3.8, 4) is 22.4 Å². The second kappa shape index (κ2) is 15.3. The first-order chi connectivity index (χ1) is 26.7. The molecule has 4 aliphatic rings. The Balaban J connectivity index is 0.00000441. The molecule has 0 bridgehead atoms. The number of hydrogen-bond donors (Lipinski definition) is 1. The molecule has 0 unspecified atom stereocenters. The van der Waals surface area contributed by atoms with Gasteiger partial charge in [0.05, 0.1) is 5.56 Å². The average Bonchev–Trinajstić information content (AvgIpc) is 3.92. The lowest BCUT2D eigenvalue weighted by Crippen LogP contribution is -2.49. The van der Waals surface area contributed by atoms with Gasteiger partial charge in [-0.05, 0) is 108 Å². The Morgan fingerprint density at radius 3 is 2.09 bits per heavy atom. The summed E-state index contributed by atoms with van der Waals surface area (Å²) < 4.78 is 7.95. The standard InChI is InChI=1S/C46H46N4O5.ClH/c1-29-39(45(52)53)24-43(47(29)2)40-22-31-17-20-49(46(54)55-28-42-37-15-7-5-13-35(37)36-14-6-8-16-38(36)42)25-33(31)23-41(40)44(51)50-26-32-12-4-3-11-30(32)21-34(50)27-48-18-9-10-19-48;/h3-8,11-16,22-24,34,42H,9-10,17-21,25-28H2,1-2H3,(H,52,53);1H/t34-;/m0./s1. The average molecular weight is 771 g/mol. The summed E-state index contributed by atoms with van der Waals surface area (Å²) in [5, 5.41) is 10.0. The molecule has 9 nitrogen and oxygen atoms in total. The van der Waals surface area contributed by atoms with Crippen molar-refractivity contribution in [2.75, 3.05) is 32.8 Å². The minimum absolute atomic E-state index is 0. The molecule has 1 saturated heterocycles. The van der Waals surface area contributed by atoms with E-state index in [0.29, 0.717) is 43.0 Å². The lowest BCUT2D eigenvalue weighted by Gasteiger charge is -2.39. The maximum absolute atomic E-state index is 15.2. The molecular weight excluding hydrogens is 724 g/mol. The van der Waals surface area contributed by atoms with E-state index < -0.39 is 5.97 Å². The van der Waals surface area contributed by atoms with E-state index in [1.807, 2.05) is 52.9 Å². The van der Waals surface area contributed by atoms with Gasteiger partial charge in [0, 0.05) is 67.7 Å². The quantitative estimate of drug-likeness (QED) is 0.180. The second-order valence-electron chi connectivity index (χ2n) is 15.6.